The van der Waals surface area contributed by atoms with E-state index in [4.69, 9.17) is 5.10 Å². The van der Waals surface area contributed by atoms with Gasteiger partial charge in [0.15, 0.2) is 0 Å². The predicted molar refractivity (Wildman–Crippen MR) is 134 cm³/mol. The van der Waals surface area contributed by atoms with Crippen molar-refractivity contribution < 1.29 is 9.59 Å². The van der Waals surface area contributed by atoms with Gasteiger partial charge in [0.2, 0.25) is 5.91 Å². The number of para-hydroxylation sites is 1. The molecular weight excluding hydrogens is 452 g/mol. The molecule has 4 aromatic rings. The van der Waals surface area contributed by atoms with E-state index in [9.17, 15) is 9.59 Å². The first kappa shape index (κ1) is 22.9. The Labute approximate surface area is 201 Å². The third kappa shape index (κ3) is 5.23. The molecule has 1 aromatic carbocycles. The van der Waals surface area contributed by atoms with Crippen molar-refractivity contribution in [1.29, 1.82) is 0 Å². The van der Waals surface area contributed by atoms with Gasteiger partial charge in [-0.1, -0.05) is 44.2 Å². The number of amides is 2. The summed E-state index contributed by atoms with van der Waals surface area (Å²) in [6.07, 6.45) is 1.97. The molecular formula is C25H26N4O2S2. The number of nitrogens with one attached hydrogen (secondary N) is 1. The van der Waals surface area contributed by atoms with Gasteiger partial charge < -0.3 is 10.2 Å². The lowest BCUT2D eigenvalue weighted by molar-refractivity contribution is -0.133. The van der Waals surface area contributed by atoms with Crippen LogP contribution in [0.5, 0.6) is 0 Å². The minimum Gasteiger partial charge on any atom is -0.339 e. The third-order valence-electron chi connectivity index (χ3n) is 5.31. The number of benzene rings is 1. The van der Waals surface area contributed by atoms with Gasteiger partial charge in [-0.25, -0.2) is 4.68 Å². The molecule has 170 valence electrons. The summed E-state index contributed by atoms with van der Waals surface area (Å²) in [7, 11) is 1.77. The lowest BCUT2D eigenvalue weighted by Gasteiger charge is -2.27. The van der Waals surface area contributed by atoms with Crippen molar-refractivity contribution in [3.05, 3.63) is 82.0 Å². The van der Waals surface area contributed by atoms with Crippen molar-refractivity contribution in [1.82, 2.24) is 20.0 Å². The SMILES string of the molecule is CC(C)C(NC(=O)c1cccs1)C(=O)N(C)Cc1cn(-c2ccccc2)nc1-c1cccs1. The molecule has 0 aliphatic rings. The number of carbonyl (C=O) groups excluding carboxylic acids is 2. The second kappa shape index (κ2) is 10.1. The van der Waals surface area contributed by atoms with Crippen molar-refractivity contribution in [2.24, 2.45) is 5.92 Å². The Morgan fingerprint density at radius 2 is 1.76 bits per heavy atom. The molecule has 0 spiro atoms. The fourth-order valence-corrected chi connectivity index (χ4v) is 4.93. The van der Waals surface area contributed by atoms with E-state index in [1.54, 1.807) is 29.4 Å². The van der Waals surface area contributed by atoms with Crippen molar-refractivity contribution in [3.63, 3.8) is 0 Å². The molecule has 1 N–H and O–H groups in total. The van der Waals surface area contributed by atoms with E-state index in [0.29, 0.717) is 11.4 Å². The van der Waals surface area contributed by atoms with Gasteiger partial charge in [0.1, 0.15) is 11.7 Å². The van der Waals surface area contributed by atoms with Gasteiger partial charge in [0.05, 0.1) is 15.4 Å². The zero-order chi connectivity index (χ0) is 23.4. The summed E-state index contributed by atoms with van der Waals surface area (Å²) in [6, 6.07) is 16.9. The molecule has 0 bridgehead atoms. The van der Waals surface area contributed by atoms with E-state index >= 15 is 0 Å². The summed E-state index contributed by atoms with van der Waals surface area (Å²) in [5.41, 5.74) is 2.76. The Morgan fingerprint density at radius 1 is 1.03 bits per heavy atom. The van der Waals surface area contributed by atoms with Crippen molar-refractivity contribution >= 4 is 34.5 Å². The number of aromatic nitrogens is 2. The van der Waals surface area contributed by atoms with Gasteiger partial charge in [-0.2, -0.15) is 5.10 Å². The molecule has 0 fully saturated rings. The Morgan fingerprint density at radius 3 is 2.39 bits per heavy atom. The van der Waals surface area contributed by atoms with Crippen LogP contribution in [0.4, 0.5) is 0 Å². The minimum absolute atomic E-state index is 0.0485. The Bertz CT molecular complexity index is 1200. The molecule has 3 aromatic heterocycles. The first-order chi connectivity index (χ1) is 15.9. The molecule has 0 radical (unpaired) electrons. The normalized spacial score (nSPS) is 12.0. The largest absolute Gasteiger partial charge is 0.339 e. The van der Waals surface area contributed by atoms with E-state index in [1.807, 2.05) is 84.0 Å². The van der Waals surface area contributed by atoms with Crippen LogP contribution in [-0.4, -0.2) is 39.6 Å². The Kier molecular flexibility index (Phi) is 7.05. The smallest absolute Gasteiger partial charge is 0.262 e. The number of hydrogen-bond acceptors (Lipinski definition) is 5. The van der Waals surface area contributed by atoms with Crippen LogP contribution in [0.1, 0.15) is 29.1 Å². The van der Waals surface area contributed by atoms with Gasteiger partial charge in [0, 0.05) is 25.4 Å². The highest BCUT2D eigenvalue weighted by Gasteiger charge is 2.28. The van der Waals surface area contributed by atoms with E-state index in [0.717, 1.165) is 21.8 Å². The minimum atomic E-state index is -0.612. The molecule has 4 rings (SSSR count). The summed E-state index contributed by atoms with van der Waals surface area (Å²) in [5, 5.41) is 11.6. The fraction of sp³-hybridized carbons (Fsp3) is 0.240. The third-order valence-corrected chi connectivity index (χ3v) is 7.06. The van der Waals surface area contributed by atoms with Crippen LogP contribution >= 0.6 is 22.7 Å². The van der Waals surface area contributed by atoms with Crippen LogP contribution < -0.4 is 5.32 Å². The summed E-state index contributed by atoms with van der Waals surface area (Å²) in [4.78, 5) is 29.3. The summed E-state index contributed by atoms with van der Waals surface area (Å²) >= 11 is 2.98. The fourth-order valence-electron chi connectivity index (χ4n) is 3.56. The lowest BCUT2D eigenvalue weighted by Crippen LogP contribution is -2.49. The maximum Gasteiger partial charge on any atom is 0.262 e. The van der Waals surface area contributed by atoms with Crippen LogP contribution in [0.25, 0.3) is 16.3 Å². The van der Waals surface area contributed by atoms with Crippen LogP contribution in [0.2, 0.25) is 0 Å². The zero-order valence-electron chi connectivity index (χ0n) is 18.8. The number of thiophene rings is 2. The predicted octanol–water partition coefficient (Wildman–Crippen LogP) is 5.08. The van der Waals surface area contributed by atoms with E-state index in [2.05, 4.69) is 5.32 Å². The summed E-state index contributed by atoms with van der Waals surface area (Å²) in [6.45, 7) is 4.27. The van der Waals surface area contributed by atoms with E-state index in [-0.39, 0.29) is 17.7 Å². The highest BCUT2D eigenvalue weighted by Crippen LogP contribution is 2.28. The van der Waals surface area contributed by atoms with E-state index in [1.165, 1.54) is 11.3 Å². The Hall–Kier alpha value is -3.23. The highest BCUT2D eigenvalue weighted by molar-refractivity contribution is 7.13. The monoisotopic (exact) mass is 478 g/mol. The van der Waals surface area contributed by atoms with Gasteiger partial charge >= 0.3 is 0 Å². The number of carbonyl (C=O) groups is 2. The van der Waals surface area contributed by atoms with Gasteiger partial charge in [-0.15, -0.1) is 22.7 Å². The highest BCUT2D eigenvalue weighted by atomic mass is 32.1. The van der Waals surface area contributed by atoms with Crippen LogP contribution in [0, 0.1) is 5.92 Å². The number of hydrogen-bond donors (Lipinski definition) is 1. The molecule has 1 unspecified atom stereocenters. The van der Waals surface area contributed by atoms with E-state index < -0.39 is 6.04 Å². The molecule has 8 heteroatoms. The number of rotatable bonds is 8. The average molecular weight is 479 g/mol. The zero-order valence-corrected chi connectivity index (χ0v) is 20.4. The topological polar surface area (TPSA) is 67.2 Å². The number of likely N-dealkylation sites (N-methyl/N-ethyl adjacent to an activating group) is 1. The quantitative estimate of drug-likeness (QED) is 0.384. The first-order valence-corrected chi connectivity index (χ1v) is 12.5. The van der Waals surface area contributed by atoms with Crippen molar-refractivity contribution in [3.8, 4) is 16.3 Å². The van der Waals surface area contributed by atoms with Crippen LogP contribution in [0.3, 0.4) is 0 Å². The molecule has 0 aliphatic carbocycles. The van der Waals surface area contributed by atoms with Crippen molar-refractivity contribution in [2.75, 3.05) is 7.05 Å². The molecule has 1 atom stereocenters. The van der Waals surface area contributed by atoms with Crippen molar-refractivity contribution in [2.45, 2.75) is 26.4 Å². The summed E-state index contributed by atoms with van der Waals surface area (Å²) < 4.78 is 1.85. The lowest BCUT2D eigenvalue weighted by atomic mass is 10.0. The van der Waals surface area contributed by atoms with Gasteiger partial charge in [-0.05, 0) is 40.9 Å². The molecule has 33 heavy (non-hydrogen) atoms. The molecule has 2 amide bonds. The Balaban J connectivity index is 1.57. The van der Waals surface area contributed by atoms with Crippen LogP contribution in [-0.2, 0) is 11.3 Å². The van der Waals surface area contributed by atoms with Crippen LogP contribution in [0.15, 0.2) is 71.6 Å². The molecule has 0 saturated carbocycles. The second-order valence-corrected chi connectivity index (χ2v) is 10.0. The first-order valence-electron chi connectivity index (χ1n) is 10.7. The van der Waals surface area contributed by atoms with Gasteiger partial charge in [0.25, 0.3) is 5.91 Å². The molecule has 0 saturated heterocycles. The maximum atomic E-state index is 13.4. The molecule has 3 heterocycles. The number of nitrogens with zero attached hydrogens (tertiary/aromatic N) is 3. The molecule has 0 aliphatic heterocycles. The van der Waals surface area contributed by atoms with Gasteiger partial charge in [-0.3, -0.25) is 9.59 Å². The standard InChI is InChI=1S/C25H26N4O2S2/c1-17(2)22(26-24(30)21-12-8-14-33-21)25(31)28(3)15-18-16-29(19-9-5-4-6-10-19)27-23(18)20-11-7-13-32-20/h4-14,16-17,22H,15H2,1-3H3,(H,26,30). The maximum absolute atomic E-state index is 13.4. The summed E-state index contributed by atoms with van der Waals surface area (Å²) in [5.74, 6) is -0.395. The second-order valence-electron chi connectivity index (χ2n) is 8.13. The average Bonchev–Trinajstić information content (AvgIpc) is 3.59. The molecule has 6 nitrogen and oxygen atoms in total.